The van der Waals surface area contributed by atoms with Crippen LogP contribution in [0.2, 0.25) is 0 Å². The molecule has 5 nitrogen and oxygen atoms in total. The smallest absolute Gasteiger partial charge is 0.156 e. The Bertz CT molecular complexity index is 415. The Morgan fingerprint density at radius 3 is 1.81 bits per heavy atom. The molecule has 0 saturated heterocycles. The van der Waals surface area contributed by atoms with E-state index in [1.165, 1.54) is 0 Å². The quantitative estimate of drug-likeness (QED) is 0.757. The molecule has 0 spiro atoms. The lowest BCUT2D eigenvalue weighted by molar-refractivity contribution is 0.559. The van der Waals surface area contributed by atoms with Gasteiger partial charge in [0.15, 0.2) is 19.7 Å². The molecule has 7 heteroatoms. The van der Waals surface area contributed by atoms with Crippen LogP contribution >= 0.6 is 0 Å². The molecular weight excluding hydrogens is 250 g/mol. The molecule has 16 heavy (non-hydrogen) atoms. The average molecular weight is 271 g/mol. The molecule has 0 aromatic rings. The number of hydrogen-bond donors (Lipinski definition) is 1. The van der Waals surface area contributed by atoms with Gasteiger partial charge < -0.3 is 5.73 Å². The van der Waals surface area contributed by atoms with Crippen LogP contribution in [0.5, 0.6) is 0 Å². The summed E-state index contributed by atoms with van der Waals surface area (Å²) >= 11 is 0. The van der Waals surface area contributed by atoms with Crippen molar-refractivity contribution in [3.63, 3.8) is 0 Å². The summed E-state index contributed by atoms with van der Waals surface area (Å²) in [6.07, 6.45) is 0. The van der Waals surface area contributed by atoms with Gasteiger partial charge in [0.2, 0.25) is 0 Å². The van der Waals surface area contributed by atoms with Crippen molar-refractivity contribution in [3.8, 4) is 0 Å². The van der Waals surface area contributed by atoms with Gasteiger partial charge in [-0.25, -0.2) is 16.8 Å². The second-order valence-corrected chi connectivity index (χ2v) is 10.1. The second-order valence-electron chi connectivity index (χ2n) is 5.02. The van der Waals surface area contributed by atoms with Crippen molar-refractivity contribution in [2.45, 2.75) is 38.5 Å². The minimum absolute atomic E-state index is 0.174. The van der Waals surface area contributed by atoms with Crippen LogP contribution in [-0.4, -0.2) is 44.9 Å². The van der Waals surface area contributed by atoms with Gasteiger partial charge in [0.1, 0.15) is 0 Å². The van der Waals surface area contributed by atoms with Crippen LogP contribution < -0.4 is 5.73 Å². The van der Waals surface area contributed by atoms with Crippen molar-refractivity contribution in [1.29, 1.82) is 0 Å². The molecule has 0 aliphatic carbocycles. The summed E-state index contributed by atoms with van der Waals surface area (Å²) in [6.45, 7) is 6.25. The first kappa shape index (κ1) is 15.9. The maximum atomic E-state index is 11.7. The largest absolute Gasteiger partial charge is 0.327 e. The summed E-state index contributed by atoms with van der Waals surface area (Å²) in [5.41, 5.74) is 5.38. The zero-order chi connectivity index (χ0) is 13.2. The highest BCUT2D eigenvalue weighted by molar-refractivity contribution is 7.95. The summed E-state index contributed by atoms with van der Waals surface area (Å²) in [4.78, 5) is 0. The first-order valence-electron chi connectivity index (χ1n) is 5.06. The van der Waals surface area contributed by atoms with E-state index in [0.717, 1.165) is 0 Å². The highest BCUT2D eigenvalue weighted by Crippen LogP contribution is 2.16. The highest BCUT2D eigenvalue weighted by atomic mass is 32.2. The fraction of sp³-hybridized carbons (Fsp3) is 1.00. The van der Waals surface area contributed by atoms with Gasteiger partial charge in [-0.15, -0.1) is 0 Å². The van der Waals surface area contributed by atoms with Gasteiger partial charge in [-0.1, -0.05) is 0 Å². The van der Waals surface area contributed by atoms with E-state index in [1.807, 2.05) is 0 Å². The zero-order valence-corrected chi connectivity index (χ0v) is 11.9. The third-order valence-corrected chi connectivity index (χ3v) is 6.84. The SMILES string of the molecule is CC(N)CS(=O)(=O)CCS(=O)(=O)C(C)(C)C. The van der Waals surface area contributed by atoms with Gasteiger partial charge in [0, 0.05) is 6.04 Å². The molecule has 0 rings (SSSR count). The third-order valence-electron chi connectivity index (χ3n) is 2.11. The molecule has 1 unspecified atom stereocenters. The van der Waals surface area contributed by atoms with Crippen LogP contribution in [-0.2, 0) is 19.7 Å². The number of hydrogen-bond acceptors (Lipinski definition) is 5. The van der Waals surface area contributed by atoms with Gasteiger partial charge in [0.25, 0.3) is 0 Å². The second kappa shape index (κ2) is 5.01. The lowest BCUT2D eigenvalue weighted by Gasteiger charge is -2.19. The van der Waals surface area contributed by atoms with Crippen LogP contribution in [0.1, 0.15) is 27.7 Å². The summed E-state index contributed by atoms with van der Waals surface area (Å²) in [6, 6.07) is -0.470. The van der Waals surface area contributed by atoms with Crippen LogP contribution in [0, 0.1) is 0 Å². The molecule has 0 aliphatic rings. The zero-order valence-electron chi connectivity index (χ0n) is 10.2. The van der Waals surface area contributed by atoms with Crippen LogP contribution in [0.15, 0.2) is 0 Å². The van der Waals surface area contributed by atoms with Gasteiger partial charge in [0.05, 0.1) is 22.0 Å². The van der Waals surface area contributed by atoms with Crippen molar-refractivity contribution >= 4 is 19.7 Å². The molecular formula is C9H21NO4S2. The Hall–Kier alpha value is -0.140. The fourth-order valence-corrected chi connectivity index (χ4v) is 4.50. The lowest BCUT2D eigenvalue weighted by Crippen LogP contribution is -2.35. The number of rotatable bonds is 5. The van der Waals surface area contributed by atoms with Crippen molar-refractivity contribution in [2.24, 2.45) is 5.73 Å². The minimum Gasteiger partial charge on any atom is -0.327 e. The van der Waals surface area contributed by atoms with Crippen molar-refractivity contribution in [3.05, 3.63) is 0 Å². The molecule has 0 bridgehead atoms. The van der Waals surface area contributed by atoms with E-state index in [0.29, 0.717) is 0 Å². The van der Waals surface area contributed by atoms with E-state index in [-0.39, 0.29) is 17.3 Å². The summed E-state index contributed by atoms with van der Waals surface area (Å²) < 4.78 is 45.4. The molecule has 0 fully saturated rings. The Labute approximate surface area is 98.2 Å². The molecule has 0 saturated carbocycles. The van der Waals surface area contributed by atoms with Gasteiger partial charge in [-0.2, -0.15) is 0 Å². The summed E-state index contributed by atoms with van der Waals surface area (Å²) in [5.74, 6) is -0.869. The normalized spacial score (nSPS) is 16.1. The number of nitrogens with two attached hydrogens (primary N) is 1. The fourth-order valence-electron chi connectivity index (χ4n) is 1.03. The first-order valence-corrected chi connectivity index (χ1v) is 8.53. The average Bonchev–Trinajstić information content (AvgIpc) is 1.96. The molecule has 0 aromatic carbocycles. The van der Waals surface area contributed by atoms with Crippen LogP contribution in [0.25, 0.3) is 0 Å². The topological polar surface area (TPSA) is 94.3 Å². The number of sulfone groups is 2. The van der Waals surface area contributed by atoms with Gasteiger partial charge >= 0.3 is 0 Å². The van der Waals surface area contributed by atoms with Gasteiger partial charge in [-0.3, -0.25) is 0 Å². The lowest BCUT2D eigenvalue weighted by atomic mass is 10.3. The molecule has 0 amide bonds. The van der Waals surface area contributed by atoms with E-state index in [2.05, 4.69) is 0 Å². The Morgan fingerprint density at radius 1 is 1.06 bits per heavy atom. The van der Waals surface area contributed by atoms with E-state index in [4.69, 9.17) is 5.73 Å². The molecule has 0 radical (unpaired) electrons. The van der Waals surface area contributed by atoms with Gasteiger partial charge in [-0.05, 0) is 27.7 Å². The standard InChI is InChI=1S/C9H21NO4S2/c1-8(10)7-15(11,12)5-6-16(13,14)9(2,3)4/h8H,5-7,10H2,1-4H3. The maximum Gasteiger partial charge on any atom is 0.156 e. The minimum atomic E-state index is -3.39. The van der Waals surface area contributed by atoms with E-state index >= 15 is 0 Å². The van der Waals surface area contributed by atoms with E-state index in [1.54, 1.807) is 27.7 Å². The summed E-state index contributed by atoms with van der Waals surface area (Å²) in [5, 5.41) is 0. The molecule has 0 heterocycles. The van der Waals surface area contributed by atoms with E-state index in [9.17, 15) is 16.8 Å². The monoisotopic (exact) mass is 271 g/mol. The third kappa shape index (κ3) is 5.27. The van der Waals surface area contributed by atoms with Crippen molar-refractivity contribution in [2.75, 3.05) is 17.3 Å². The maximum absolute atomic E-state index is 11.7. The molecule has 0 aliphatic heterocycles. The van der Waals surface area contributed by atoms with Crippen LogP contribution in [0.3, 0.4) is 0 Å². The Kier molecular flexibility index (Phi) is 4.97. The predicted octanol–water partition coefficient (Wildman–Crippen LogP) is -0.0383. The molecule has 1 atom stereocenters. The molecule has 98 valence electrons. The van der Waals surface area contributed by atoms with Crippen molar-refractivity contribution in [1.82, 2.24) is 0 Å². The highest BCUT2D eigenvalue weighted by Gasteiger charge is 2.30. The Morgan fingerprint density at radius 2 is 1.50 bits per heavy atom. The first-order chi connectivity index (χ1) is 6.87. The molecule has 0 aromatic heterocycles. The summed E-state index contributed by atoms with van der Waals surface area (Å²) in [7, 11) is -6.77. The Balaban J connectivity index is 4.60. The molecule has 2 N–H and O–H groups in total. The van der Waals surface area contributed by atoms with E-state index < -0.39 is 30.5 Å². The van der Waals surface area contributed by atoms with Crippen molar-refractivity contribution < 1.29 is 16.8 Å². The predicted molar refractivity (Wildman–Crippen MR) is 65.8 cm³/mol. The van der Waals surface area contributed by atoms with Crippen LogP contribution in [0.4, 0.5) is 0 Å².